The fourth-order valence-corrected chi connectivity index (χ4v) is 4.21. The van der Waals surface area contributed by atoms with E-state index < -0.39 is 15.9 Å². The van der Waals surface area contributed by atoms with Crippen molar-refractivity contribution >= 4 is 26.6 Å². The zero-order valence-corrected chi connectivity index (χ0v) is 15.1. The first-order valence-electron chi connectivity index (χ1n) is 8.10. The molecule has 0 fully saturated rings. The van der Waals surface area contributed by atoms with Crippen molar-refractivity contribution in [1.82, 2.24) is 10.1 Å². The van der Waals surface area contributed by atoms with E-state index in [1.54, 1.807) is 6.07 Å². The summed E-state index contributed by atoms with van der Waals surface area (Å²) in [5, 5.41) is 8.28. The predicted octanol–water partition coefficient (Wildman–Crippen LogP) is 2.52. The first-order valence-corrected chi connectivity index (χ1v) is 9.82. The quantitative estimate of drug-likeness (QED) is 0.733. The van der Waals surface area contributed by atoms with Crippen LogP contribution in [0.25, 0.3) is 22.2 Å². The molecule has 4 rings (SSSR count). The Morgan fingerprint density at radius 1 is 1.23 bits per heavy atom. The van der Waals surface area contributed by atoms with Crippen molar-refractivity contribution in [2.45, 2.75) is 19.9 Å². The van der Waals surface area contributed by atoms with Gasteiger partial charge in [-0.3, -0.25) is 4.79 Å². The second-order valence-corrected chi connectivity index (χ2v) is 8.42. The molecule has 26 heavy (non-hydrogen) atoms. The van der Waals surface area contributed by atoms with E-state index in [1.807, 2.05) is 32.0 Å². The second kappa shape index (κ2) is 5.84. The predicted molar refractivity (Wildman–Crippen MR) is 99.9 cm³/mol. The summed E-state index contributed by atoms with van der Waals surface area (Å²) in [6.07, 6.45) is 1.54. The van der Waals surface area contributed by atoms with Gasteiger partial charge in [0.2, 0.25) is 0 Å². The average molecular weight is 371 g/mol. The summed E-state index contributed by atoms with van der Waals surface area (Å²) < 4.78 is 28.3. The number of hydrogen-bond acceptors (Lipinski definition) is 6. The number of sulfone groups is 1. The van der Waals surface area contributed by atoms with E-state index in [9.17, 15) is 13.2 Å². The summed E-state index contributed by atoms with van der Waals surface area (Å²) in [5.41, 5.74) is 3.80. The molecule has 2 N–H and O–H groups in total. The highest BCUT2D eigenvalue weighted by Crippen LogP contribution is 2.26. The van der Waals surface area contributed by atoms with E-state index in [0.29, 0.717) is 11.3 Å². The molecule has 3 heterocycles. The molecule has 1 aliphatic rings. The molecular weight excluding hydrogens is 354 g/mol. The second-order valence-electron chi connectivity index (χ2n) is 6.49. The lowest BCUT2D eigenvalue weighted by molar-refractivity contribution is 0.459. The summed E-state index contributed by atoms with van der Waals surface area (Å²) >= 11 is 0. The summed E-state index contributed by atoms with van der Waals surface area (Å²) in [7, 11) is -3.20. The van der Waals surface area contributed by atoms with Gasteiger partial charge in [-0.2, -0.15) is 0 Å². The lowest BCUT2D eigenvalue weighted by Crippen LogP contribution is -2.22. The van der Waals surface area contributed by atoms with Crippen LogP contribution in [0.5, 0.6) is 0 Å². The zero-order chi connectivity index (χ0) is 18.5. The Morgan fingerprint density at radius 2 is 2.04 bits per heavy atom. The largest absolute Gasteiger partial charge is 0.359 e. The highest BCUT2D eigenvalue weighted by molar-refractivity contribution is 7.94. The highest BCUT2D eigenvalue weighted by Gasteiger charge is 2.24. The normalized spacial score (nSPS) is 18.5. The van der Waals surface area contributed by atoms with Crippen molar-refractivity contribution in [3.05, 3.63) is 57.2 Å². The van der Waals surface area contributed by atoms with E-state index in [0.717, 1.165) is 16.5 Å². The third kappa shape index (κ3) is 2.92. The molecule has 0 saturated carbocycles. The van der Waals surface area contributed by atoms with Gasteiger partial charge in [-0.05, 0) is 42.7 Å². The number of rotatable bonds is 3. The highest BCUT2D eigenvalue weighted by atomic mass is 32.2. The maximum absolute atomic E-state index is 12.6. The third-order valence-corrected chi connectivity index (χ3v) is 5.93. The number of aromatic nitrogens is 2. The van der Waals surface area contributed by atoms with Crippen LogP contribution in [0, 0.1) is 13.8 Å². The standard InChI is InChI=1S/C18H17N3O4S/c1-10-3-4-12(7-11(10)2)14-8-15-16(18(22)20-14)17(21-25-15)19-13-5-6-26(23,24)9-13/h3-8,13H,9H2,1-2H3,(H,19,21)(H,20,22). The van der Waals surface area contributed by atoms with Crippen LogP contribution in [0.4, 0.5) is 5.82 Å². The lowest BCUT2D eigenvalue weighted by Gasteiger charge is -2.08. The number of hydrogen-bond donors (Lipinski definition) is 2. The van der Waals surface area contributed by atoms with Crippen LogP contribution in [-0.4, -0.2) is 30.4 Å². The average Bonchev–Trinajstić information content (AvgIpc) is 3.13. The fraction of sp³-hybridized carbons (Fsp3) is 0.222. The molecule has 8 heteroatoms. The number of fused-ring (bicyclic) bond motifs is 1. The molecule has 0 aliphatic carbocycles. The Balaban J connectivity index is 1.73. The number of aryl methyl sites for hydroxylation is 2. The molecule has 2 aromatic heterocycles. The van der Waals surface area contributed by atoms with Crippen molar-refractivity contribution in [3.63, 3.8) is 0 Å². The van der Waals surface area contributed by atoms with Gasteiger partial charge < -0.3 is 14.8 Å². The molecule has 0 saturated heterocycles. The number of H-pyrrole nitrogens is 1. The zero-order valence-electron chi connectivity index (χ0n) is 14.2. The van der Waals surface area contributed by atoms with Crippen molar-refractivity contribution < 1.29 is 12.9 Å². The van der Waals surface area contributed by atoms with Crippen molar-refractivity contribution in [2.75, 3.05) is 11.1 Å². The number of aromatic amines is 1. The number of benzene rings is 1. The monoisotopic (exact) mass is 371 g/mol. The Labute approximate surface area is 149 Å². The van der Waals surface area contributed by atoms with Crippen LogP contribution in [0.3, 0.4) is 0 Å². The minimum atomic E-state index is -3.20. The van der Waals surface area contributed by atoms with Gasteiger partial charge in [-0.25, -0.2) is 8.42 Å². The van der Waals surface area contributed by atoms with Crippen LogP contribution < -0.4 is 10.9 Å². The molecule has 0 amide bonds. The van der Waals surface area contributed by atoms with Gasteiger partial charge in [0.1, 0.15) is 5.39 Å². The first-order chi connectivity index (χ1) is 12.3. The Kier molecular flexibility index (Phi) is 3.73. The van der Waals surface area contributed by atoms with E-state index >= 15 is 0 Å². The molecule has 0 bridgehead atoms. The Bertz CT molecular complexity index is 1200. The Hall–Kier alpha value is -2.87. The van der Waals surface area contributed by atoms with Crippen LogP contribution in [0.2, 0.25) is 0 Å². The summed E-state index contributed by atoms with van der Waals surface area (Å²) in [6.45, 7) is 4.03. The van der Waals surface area contributed by atoms with Gasteiger partial charge in [-0.1, -0.05) is 17.3 Å². The van der Waals surface area contributed by atoms with Crippen molar-refractivity contribution in [1.29, 1.82) is 0 Å². The van der Waals surface area contributed by atoms with Gasteiger partial charge in [0.25, 0.3) is 5.56 Å². The van der Waals surface area contributed by atoms with Gasteiger partial charge in [0.05, 0.1) is 17.5 Å². The molecule has 1 unspecified atom stereocenters. The first kappa shape index (κ1) is 16.6. The van der Waals surface area contributed by atoms with Gasteiger partial charge >= 0.3 is 0 Å². The van der Waals surface area contributed by atoms with Gasteiger partial charge in [0, 0.05) is 11.5 Å². The van der Waals surface area contributed by atoms with E-state index in [2.05, 4.69) is 15.5 Å². The van der Waals surface area contributed by atoms with Crippen molar-refractivity contribution in [3.8, 4) is 11.3 Å². The fourth-order valence-electron chi connectivity index (χ4n) is 2.98. The summed E-state index contributed by atoms with van der Waals surface area (Å²) in [5.74, 6) is 0.166. The number of nitrogens with one attached hydrogen (secondary N) is 2. The van der Waals surface area contributed by atoms with Gasteiger partial charge in [-0.15, -0.1) is 0 Å². The van der Waals surface area contributed by atoms with E-state index in [-0.39, 0.29) is 22.5 Å². The maximum Gasteiger partial charge on any atom is 0.263 e. The molecule has 1 atom stereocenters. The van der Waals surface area contributed by atoms with E-state index in [1.165, 1.54) is 11.6 Å². The Morgan fingerprint density at radius 3 is 2.73 bits per heavy atom. The SMILES string of the molecule is Cc1ccc(-c2cc3onc(NC4C=CS(=O)(=O)C4)c3c(=O)[nH]2)cc1C. The molecule has 0 spiro atoms. The number of anilines is 1. The smallest absolute Gasteiger partial charge is 0.263 e. The topological polar surface area (TPSA) is 105 Å². The molecular formula is C18H17N3O4S. The van der Waals surface area contributed by atoms with Crippen LogP contribution in [0.1, 0.15) is 11.1 Å². The van der Waals surface area contributed by atoms with Crippen LogP contribution >= 0.6 is 0 Å². The van der Waals surface area contributed by atoms with Crippen molar-refractivity contribution in [2.24, 2.45) is 0 Å². The maximum atomic E-state index is 12.6. The molecule has 1 aliphatic heterocycles. The van der Waals surface area contributed by atoms with E-state index in [4.69, 9.17) is 4.52 Å². The number of nitrogens with zero attached hydrogens (tertiary/aromatic N) is 1. The van der Waals surface area contributed by atoms with Crippen LogP contribution in [-0.2, 0) is 9.84 Å². The molecule has 3 aromatic rings. The summed E-state index contributed by atoms with van der Waals surface area (Å²) in [6, 6.07) is 7.21. The molecule has 0 radical (unpaired) electrons. The lowest BCUT2D eigenvalue weighted by atomic mass is 10.0. The minimum absolute atomic E-state index is 0.0695. The molecule has 1 aromatic carbocycles. The number of pyridine rings is 1. The van der Waals surface area contributed by atoms with Gasteiger partial charge in [0.15, 0.2) is 21.2 Å². The minimum Gasteiger partial charge on any atom is -0.359 e. The molecule has 134 valence electrons. The molecule has 7 nitrogen and oxygen atoms in total. The summed E-state index contributed by atoms with van der Waals surface area (Å²) in [4.78, 5) is 15.4. The third-order valence-electron chi connectivity index (χ3n) is 4.54. The van der Waals surface area contributed by atoms with Crippen LogP contribution in [0.15, 0.2) is 45.1 Å².